The van der Waals surface area contributed by atoms with Crippen LogP contribution in [-0.2, 0) is 3.87 Å². The number of rotatable bonds is 2. The molecule has 32 valence electrons. The summed E-state index contributed by atoms with van der Waals surface area (Å²) in [6, 6.07) is 0. The maximum atomic E-state index is 4.89. The lowest BCUT2D eigenvalue weighted by molar-refractivity contribution is 0.709. The van der Waals surface area contributed by atoms with Crippen LogP contribution in [0.25, 0.3) is 0 Å². The molecule has 0 rings (SSSR count). The highest BCUT2D eigenvalue weighted by Gasteiger charge is 1.67. The molecule has 0 N–H and O–H groups in total. The van der Waals surface area contributed by atoms with Gasteiger partial charge >= 0.3 is 0 Å². The Balaban J connectivity index is 2.19. The second-order valence-electron chi connectivity index (χ2n) is 0.573. The van der Waals surface area contributed by atoms with Crippen molar-refractivity contribution in [3.8, 4) is 0 Å². The molecule has 0 radical (unpaired) electrons. The van der Waals surface area contributed by atoms with Gasteiger partial charge in [-0.1, -0.05) is 6.55 Å². The molecule has 0 aliphatic carbocycles. The van der Waals surface area contributed by atoms with Crippen molar-refractivity contribution in [1.29, 1.82) is 0 Å². The van der Waals surface area contributed by atoms with Gasteiger partial charge in [-0.15, -0.1) is 0 Å². The minimum Gasteiger partial charge on any atom is -0.365 e. The molecule has 3 heteroatoms. The highest BCUT2D eigenvalue weighted by molar-refractivity contribution is 7.94. The van der Waals surface area contributed by atoms with E-state index in [-0.39, 0.29) is 9.76 Å². The fourth-order valence-electron chi connectivity index (χ4n) is 0.118. The summed E-state index contributed by atoms with van der Waals surface area (Å²) < 4.78 is 4.89. The van der Waals surface area contributed by atoms with Crippen molar-refractivity contribution in [1.82, 2.24) is 0 Å². The van der Waals surface area contributed by atoms with Gasteiger partial charge in [0.2, 0.25) is 0 Å². The second-order valence-corrected chi connectivity index (χ2v) is 2.43. The SMILES string of the molecule is C[SiH2]OSC. The molecule has 0 aliphatic rings. The predicted octanol–water partition coefficient (Wildman–Crippen LogP) is 0.413. The molecule has 0 saturated carbocycles. The Morgan fingerprint density at radius 2 is 2.40 bits per heavy atom. The van der Waals surface area contributed by atoms with Crippen LogP contribution in [0.15, 0.2) is 0 Å². The van der Waals surface area contributed by atoms with Crippen LogP contribution in [0, 0.1) is 0 Å². The second kappa shape index (κ2) is 4.53. The van der Waals surface area contributed by atoms with Gasteiger partial charge in [0.05, 0.1) is 0 Å². The molecule has 0 saturated heterocycles. The highest BCUT2D eigenvalue weighted by Crippen LogP contribution is 1.88. The van der Waals surface area contributed by atoms with Gasteiger partial charge in [0, 0.05) is 6.26 Å². The maximum Gasteiger partial charge on any atom is 0.177 e. The lowest BCUT2D eigenvalue weighted by atomic mass is 11.9. The van der Waals surface area contributed by atoms with E-state index in [1.54, 1.807) is 0 Å². The van der Waals surface area contributed by atoms with Gasteiger partial charge in [0.15, 0.2) is 9.76 Å². The first-order valence-corrected chi connectivity index (χ1v) is 4.71. The summed E-state index contributed by atoms with van der Waals surface area (Å²) in [6.07, 6.45) is 1.94. The van der Waals surface area contributed by atoms with Gasteiger partial charge in [-0.05, 0) is 12.0 Å². The van der Waals surface area contributed by atoms with Crippen molar-refractivity contribution in [2.75, 3.05) is 6.26 Å². The van der Waals surface area contributed by atoms with Crippen molar-refractivity contribution >= 4 is 21.8 Å². The highest BCUT2D eigenvalue weighted by atomic mass is 32.2. The Bertz CT molecular complexity index is 17.1. The van der Waals surface area contributed by atoms with Gasteiger partial charge in [0.25, 0.3) is 0 Å². The van der Waals surface area contributed by atoms with Crippen LogP contribution in [0.4, 0.5) is 0 Å². The smallest absolute Gasteiger partial charge is 0.177 e. The zero-order valence-electron chi connectivity index (χ0n) is 3.52. The molecule has 0 unspecified atom stereocenters. The summed E-state index contributed by atoms with van der Waals surface area (Å²) in [5, 5.41) is 0. The average Bonchev–Trinajstić information content (AvgIpc) is 1.41. The van der Waals surface area contributed by atoms with Gasteiger partial charge < -0.3 is 3.87 Å². The zero-order chi connectivity index (χ0) is 4.12. The molecule has 0 fully saturated rings. The Morgan fingerprint density at radius 1 is 1.80 bits per heavy atom. The standard InChI is InChI=1S/C2H8OSSi/c1-4-3-5-2/h5H2,1-2H3. The zero-order valence-corrected chi connectivity index (χ0v) is 5.75. The average molecular weight is 108 g/mol. The van der Waals surface area contributed by atoms with Crippen molar-refractivity contribution in [2.45, 2.75) is 6.55 Å². The molecule has 0 aromatic heterocycles. The molecule has 0 aromatic rings. The van der Waals surface area contributed by atoms with Gasteiger partial charge in [-0.3, -0.25) is 0 Å². The van der Waals surface area contributed by atoms with E-state index < -0.39 is 0 Å². The van der Waals surface area contributed by atoms with Crippen LogP contribution < -0.4 is 0 Å². The molecule has 5 heavy (non-hydrogen) atoms. The Hall–Kier alpha value is 0.527. The molecule has 0 aromatic carbocycles. The van der Waals surface area contributed by atoms with E-state index in [1.807, 2.05) is 6.26 Å². The quantitative estimate of drug-likeness (QED) is 0.374. The lowest BCUT2D eigenvalue weighted by Gasteiger charge is -1.84. The first kappa shape index (κ1) is 5.53. The molecule has 0 spiro atoms. The van der Waals surface area contributed by atoms with Crippen LogP contribution in [0.2, 0.25) is 6.55 Å². The normalized spacial score (nSPS) is 10.8. The fraction of sp³-hybridized carbons (Fsp3) is 1.00. The van der Waals surface area contributed by atoms with Crippen LogP contribution >= 0.6 is 12.0 Å². The molecule has 1 nitrogen and oxygen atoms in total. The topological polar surface area (TPSA) is 9.23 Å². The van der Waals surface area contributed by atoms with E-state index in [4.69, 9.17) is 3.87 Å². The Kier molecular flexibility index (Phi) is 5.00. The summed E-state index contributed by atoms with van der Waals surface area (Å²) >= 11 is 1.46. The summed E-state index contributed by atoms with van der Waals surface area (Å²) in [6.45, 7) is 2.11. The summed E-state index contributed by atoms with van der Waals surface area (Å²) in [5.41, 5.74) is 0. The molecule has 0 amide bonds. The van der Waals surface area contributed by atoms with E-state index in [2.05, 4.69) is 6.55 Å². The van der Waals surface area contributed by atoms with Gasteiger partial charge in [-0.2, -0.15) is 0 Å². The van der Waals surface area contributed by atoms with Crippen molar-refractivity contribution in [2.24, 2.45) is 0 Å². The number of hydrogen-bond donors (Lipinski definition) is 0. The summed E-state index contributed by atoms with van der Waals surface area (Å²) in [4.78, 5) is 0. The number of hydrogen-bond acceptors (Lipinski definition) is 2. The largest absolute Gasteiger partial charge is 0.365 e. The lowest BCUT2D eigenvalue weighted by Crippen LogP contribution is -1.77. The predicted molar refractivity (Wildman–Crippen MR) is 29.0 cm³/mol. The van der Waals surface area contributed by atoms with Crippen LogP contribution in [0.1, 0.15) is 0 Å². The third-order valence-electron chi connectivity index (χ3n) is 0.236. The van der Waals surface area contributed by atoms with Crippen LogP contribution in [0.5, 0.6) is 0 Å². The molecular weight excluding hydrogens is 100 g/mol. The summed E-state index contributed by atoms with van der Waals surface area (Å²) in [5.74, 6) is 0. The third-order valence-corrected chi connectivity index (χ3v) is 2.12. The Labute approximate surface area is 39.2 Å². The minimum absolute atomic E-state index is 0.123. The third kappa shape index (κ3) is 4.53. The molecule has 0 atom stereocenters. The van der Waals surface area contributed by atoms with Crippen LogP contribution in [-0.4, -0.2) is 16.0 Å². The van der Waals surface area contributed by atoms with E-state index in [0.717, 1.165) is 0 Å². The fourth-order valence-corrected chi connectivity index (χ4v) is 1.06. The molecule has 0 bridgehead atoms. The van der Waals surface area contributed by atoms with Gasteiger partial charge in [0.1, 0.15) is 0 Å². The molecular formula is C2H8OSSi. The minimum atomic E-state index is -0.123. The maximum absolute atomic E-state index is 4.89. The van der Waals surface area contributed by atoms with Crippen molar-refractivity contribution in [3.63, 3.8) is 0 Å². The monoisotopic (exact) mass is 108 g/mol. The first-order valence-electron chi connectivity index (χ1n) is 1.57. The Morgan fingerprint density at radius 3 is 2.40 bits per heavy atom. The van der Waals surface area contributed by atoms with Gasteiger partial charge in [-0.25, -0.2) is 0 Å². The van der Waals surface area contributed by atoms with E-state index in [0.29, 0.717) is 0 Å². The van der Waals surface area contributed by atoms with Crippen molar-refractivity contribution < 1.29 is 3.87 Å². The van der Waals surface area contributed by atoms with Crippen LogP contribution in [0.3, 0.4) is 0 Å². The van der Waals surface area contributed by atoms with Crippen molar-refractivity contribution in [3.05, 3.63) is 0 Å². The van der Waals surface area contributed by atoms with E-state index in [9.17, 15) is 0 Å². The molecule has 0 aliphatic heterocycles. The summed E-state index contributed by atoms with van der Waals surface area (Å²) in [7, 11) is -0.123. The molecule has 0 heterocycles. The van der Waals surface area contributed by atoms with E-state index >= 15 is 0 Å². The first-order chi connectivity index (χ1) is 2.41. The van der Waals surface area contributed by atoms with E-state index in [1.165, 1.54) is 12.0 Å².